The first-order valence-corrected chi connectivity index (χ1v) is 5.26. The van der Waals surface area contributed by atoms with E-state index in [1.165, 1.54) is 11.3 Å². The Morgan fingerprint density at radius 1 is 1.47 bits per heavy atom. The topological polar surface area (TPSA) is 84.2 Å². The van der Waals surface area contributed by atoms with Crippen molar-refractivity contribution >= 4 is 28.2 Å². The van der Waals surface area contributed by atoms with E-state index in [-0.39, 0.29) is 12.3 Å². The second-order valence-corrected chi connectivity index (χ2v) is 3.82. The van der Waals surface area contributed by atoms with Crippen molar-refractivity contribution < 1.29 is 9.59 Å². The molecule has 0 aromatic carbocycles. The summed E-state index contributed by atoms with van der Waals surface area (Å²) in [5.74, 6) is -0.655. The van der Waals surface area contributed by atoms with Crippen LogP contribution in [0.3, 0.4) is 0 Å². The number of hydrogen-bond acceptors (Lipinski definition) is 4. The molecule has 0 aliphatic heterocycles. The van der Waals surface area contributed by atoms with Gasteiger partial charge < -0.3 is 16.4 Å². The molecule has 0 unspecified atom stereocenters. The standard InChI is InChI=1S/C9H13N3O2S/c1-11-8(14)7-5(3-6(10)13)4-15-9(7)12-2/h4,12H,3H2,1-2H3,(H2,10,13)(H,11,14). The third-order valence-electron chi connectivity index (χ3n) is 1.91. The maximum atomic E-state index is 11.6. The lowest BCUT2D eigenvalue weighted by molar-refractivity contribution is -0.117. The van der Waals surface area contributed by atoms with E-state index in [1.54, 1.807) is 19.5 Å². The third-order valence-corrected chi connectivity index (χ3v) is 2.96. The van der Waals surface area contributed by atoms with Crippen molar-refractivity contribution in [1.29, 1.82) is 0 Å². The molecule has 0 spiro atoms. The molecule has 2 amide bonds. The Labute approximate surface area is 91.7 Å². The summed E-state index contributed by atoms with van der Waals surface area (Å²) < 4.78 is 0. The van der Waals surface area contributed by atoms with Crippen LogP contribution in [0.2, 0.25) is 0 Å². The molecule has 0 atom stereocenters. The van der Waals surface area contributed by atoms with Gasteiger partial charge in [0.1, 0.15) is 5.00 Å². The van der Waals surface area contributed by atoms with Gasteiger partial charge in [-0.15, -0.1) is 11.3 Å². The van der Waals surface area contributed by atoms with Crippen LogP contribution < -0.4 is 16.4 Å². The lowest BCUT2D eigenvalue weighted by atomic mass is 10.1. The summed E-state index contributed by atoms with van der Waals surface area (Å²) in [5.41, 5.74) is 6.27. The van der Waals surface area contributed by atoms with Crippen molar-refractivity contribution in [3.8, 4) is 0 Å². The molecule has 0 radical (unpaired) electrons. The highest BCUT2D eigenvalue weighted by Gasteiger charge is 2.18. The lowest BCUT2D eigenvalue weighted by Gasteiger charge is -2.04. The van der Waals surface area contributed by atoms with Gasteiger partial charge in [-0.3, -0.25) is 9.59 Å². The molecule has 82 valence electrons. The Morgan fingerprint density at radius 2 is 2.13 bits per heavy atom. The van der Waals surface area contributed by atoms with Crippen LogP contribution >= 0.6 is 11.3 Å². The maximum absolute atomic E-state index is 11.6. The molecule has 0 bridgehead atoms. The lowest BCUT2D eigenvalue weighted by Crippen LogP contribution is -2.22. The van der Waals surface area contributed by atoms with Crippen molar-refractivity contribution in [2.24, 2.45) is 5.73 Å². The quantitative estimate of drug-likeness (QED) is 0.686. The van der Waals surface area contributed by atoms with E-state index < -0.39 is 5.91 Å². The molecule has 0 aliphatic carbocycles. The number of nitrogens with two attached hydrogens (primary N) is 1. The van der Waals surface area contributed by atoms with E-state index in [4.69, 9.17) is 5.73 Å². The summed E-state index contributed by atoms with van der Waals surface area (Å²) in [5, 5.41) is 7.95. The van der Waals surface area contributed by atoms with Gasteiger partial charge in [0, 0.05) is 14.1 Å². The van der Waals surface area contributed by atoms with Gasteiger partial charge in [0.15, 0.2) is 0 Å². The minimum atomic E-state index is -0.444. The molecule has 0 saturated heterocycles. The number of primary amides is 1. The Morgan fingerprint density at radius 3 is 2.60 bits per heavy atom. The van der Waals surface area contributed by atoms with Crippen LogP contribution in [0.25, 0.3) is 0 Å². The second-order valence-electron chi connectivity index (χ2n) is 2.94. The summed E-state index contributed by atoms with van der Waals surface area (Å²) in [6.07, 6.45) is 0.0843. The van der Waals surface area contributed by atoms with E-state index in [2.05, 4.69) is 10.6 Å². The smallest absolute Gasteiger partial charge is 0.254 e. The molecule has 1 heterocycles. The number of carbonyl (C=O) groups excluding carboxylic acids is 2. The highest BCUT2D eigenvalue weighted by Crippen LogP contribution is 2.27. The molecule has 1 rings (SSSR count). The molecule has 1 aromatic heterocycles. The highest BCUT2D eigenvalue weighted by molar-refractivity contribution is 7.14. The number of amides is 2. The zero-order valence-corrected chi connectivity index (χ0v) is 9.40. The summed E-state index contributed by atoms with van der Waals surface area (Å²) in [6, 6.07) is 0. The van der Waals surface area contributed by atoms with Crippen molar-refractivity contribution in [3.05, 3.63) is 16.5 Å². The number of rotatable bonds is 4. The third kappa shape index (κ3) is 2.47. The predicted molar refractivity (Wildman–Crippen MR) is 60.2 cm³/mol. The number of thiophene rings is 1. The molecular weight excluding hydrogens is 214 g/mol. The van der Waals surface area contributed by atoms with E-state index >= 15 is 0 Å². The van der Waals surface area contributed by atoms with E-state index in [0.717, 1.165) is 5.00 Å². The molecule has 0 saturated carbocycles. The zero-order valence-electron chi connectivity index (χ0n) is 8.59. The molecular formula is C9H13N3O2S. The molecule has 4 N–H and O–H groups in total. The highest BCUT2D eigenvalue weighted by atomic mass is 32.1. The zero-order chi connectivity index (χ0) is 11.4. The number of hydrogen-bond donors (Lipinski definition) is 3. The normalized spacial score (nSPS) is 9.73. The largest absolute Gasteiger partial charge is 0.379 e. The van der Waals surface area contributed by atoms with Crippen molar-refractivity contribution in [1.82, 2.24) is 5.32 Å². The Balaban J connectivity index is 3.10. The molecule has 6 heteroatoms. The maximum Gasteiger partial charge on any atom is 0.254 e. The van der Waals surface area contributed by atoms with Gasteiger partial charge in [0.2, 0.25) is 5.91 Å². The molecule has 1 aromatic rings. The number of carbonyl (C=O) groups is 2. The second kappa shape index (κ2) is 4.79. The van der Waals surface area contributed by atoms with Crippen LogP contribution in [0.15, 0.2) is 5.38 Å². The van der Waals surface area contributed by atoms with Crippen molar-refractivity contribution in [2.45, 2.75) is 6.42 Å². The Bertz CT molecular complexity index is 387. The monoisotopic (exact) mass is 227 g/mol. The summed E-state index contributed by atoms with van der Waals surface area (Å²) in [7, 11) is 3.28. The fourth-order valence-electron chi connectivity index (χ4n) is 1.27. The Hall–Kier alpha value is -1.56. The minimum absolute atomic E-state index is 0.0843. The van der Waals surface area contributed by atoms with Gasteiger partial charge in [-0.2, -0.15) is 0 Å². The van der Waals surface area contributed by atoms with Crippen LogP contribution in [0, 0.1) is 0 Å². The molecule has 15 heavy (non-hydrogen) atoms. The minimum Gasteiger partial charge on any atom is -0.379 e. The van der Waals surface area contributed by atoms with Gasteiger partial charge in [-0.1, -0.05) is 0 Å². The van der Waals surface area contributed by atoms with Crippen molar-refractivity contribution in [3.63, 3.8) is 0 Å². The summed E-state index contributed by atoms with van der Waals surface area (Å²) in [4.78, 5) is 22.4. The Kier molecular flexibility index (Phi) is 3.68. The first-order valence-electron chi connectivity index (χ1n) is 4.38. The van der Waals surface area contributed by atoms with Gasteiger partial charge in [0.25, 0.3) is 5.91 Å². The van der Waals surface area contributed by atoms with Gasteiger partial charge in [-0.05, 0) is 10.9 Å². The van der Waals surface area contributed by atoms with Gasteiger partial charge >= 0.3 is 0 Å². The molecule has 0 fully saturated rings. The van der Waals surface area contributed by atoms with Gasteiger partial charge in [0.05, 0.1) is 12.0 Å². The first kappa shape index (κ1) is 11.5. The first-order chi connectivity index (χ1) is 7.10. The van der Waals surface area contributed by atoms with Crippen LogP contribution in [0.1, 0.15) is 15.9 Å². The average Bonchev–Trinajstić information content (AvgIpc) is 2.58. The van der Waals surface area contributed by atoms with Crippen LogP contribution in [-0.2, 0) is 11.2 Å². The fourth-order valence-corrected chi connectivity index (χ4v) is 2.19. The number of anilines is 1. The predicted octanol–water partition coefficient (Wildman–Crippen LogP) is 0.177. The summed E-state index contributed by atoms with van der Waals surface area (Å²) in [6.45, 7) is 0. The van der Waals surface area contributed by atoms with Gasteiger partial charge in [-0.25, -0.2) is 0 Å². The van der Waals surface area contributed by atoms with E-state index in [9.17, 15) is 9.59 Å². The van der Waals surface area contributed by atoms with Crippen LogP contribution in [0.4, 0.5) is 5.00 Å². The molecule has 5 nitrogen and oxygen atoms in total. The average molecular weight is 227 g/mol. The van der Waals surface area contributed by atoms with E-state index in [1.807, 2.05) is 0 Å². The van der Waals surface area contributed by atoms with E-state index in [0.29, 0.717) is 11.1 Å². The van der Waals surface area contributed by atoms with Crippen LogP contribution in [0.5, 0.6) is 0 Å². The summed E-state index contributed by atoms with van der Waals surface area (Å²) >= 11 is 1.38. The fraction of sp³-hybridized carbons (Fsp3) is 0.333. The molecule has 0 aliphatic rings. The SMILES string of the molecule is CNC(=O)c1c(CC(N)=O)csc1NC. The van der Waals surface area contributed by atoms with Crippen LogP contribution in [-0.4, -0.2) is 25.9 Å². The van der Waals surface area contributed by atoms with Crippen molar-refractivity contribution in [2.75, 3.05) is 19.4 Å². The number of nitrogens with one attached hydrogen (secondary N) is 2.